The van der Waals surface area contributed by atoms with Crippen molar-refractivity contribution in [1.29, 1.82) is 0 Å². The Morgan fingerprint density at radius 3 is 0.872 bits per heavy atom. The molecule has 0 aromatic heterocycles. The number of carbonyl (C=O) groups excluding carboxylic acids is 7. The van der Waals surface area contributed by atoms with Crippen molar-refractivity contribution in [3.63, 3.8) is 0 Å². The third-order valence-corrected chi connectivity index (χ3v) is 14.4. The van der Waals surface area contributed by atoms with Gasteiger partial charge < -0.3 is 74.4 Å². The minimum absolute atomic E-state index is 0.0514. The summed E-state index contributed by atoms with van der Waals surface area (Å²) in [6.45, 7) is 14.6. The number of Topliss-reactive ketones (excluding diaryl/α,β-unsaturated/α-hetero) is 1. The van der Waals surface area contributed by atoms with Crippen LogP contribution in [0.25, 0.3) is 0 Å². The first-order valence-corrected chi connectivity index (χ1v) is 30.6. The molecule has 0 aliphatic heterocycles. The van der Waals surface area contributed by atoms with Gasteiger partial charge in [-0.05, 0) is 219 Å². The predicted octanol–water partition coefficient (Wildman–Crippen LogP) is 2.16. The van der Waals surface area contributed by atoms with Crippen molar-refractivity contribution in [2.75, 3.05) is 95.1 Å². The molecule has 7 atom stereocenters. The molecule has 0 rings (SSSR count). The lowest BCUT2D eigenvalue weighted by molar-refractivity contribution is -0.132. The number of ketones is 1. The smallest absolute Gasteiger partial charge is 0.243 e. The minimum Gasteiger partial charge on any atom is -0.355 e. The van der Waals surface area contributed by atoms with Crippen LogP contribution >= 0.6 is 22.6 Å². The number of carbonyl (C=O) groups is 7. The lowest BCUT2D eigenvalue weighted by Crippen LogP contribution is -2.56. The molecule has 0 radical (unpaired) electrons. The average Bonchev–Trinajstić information content (AvgIpc) is 3.39. The second kappa shape index (κ2) is 45.5. The Bertz CT molecular complexity index is 1650. The number of likely N-dealkylation sites (N-methyl/N-ethyl adjacent to an activating group) is 4. The van der Waals surface area contributed by atoms with Crippen LogP contribution in [0.4, 0.5) is 0 Å². The summed E-state index contributed by atoms with van der Waals surface area (Å²) >= 11 is 2.08. The van der Waals surface area contributed by atoms with Crippen molar-refractivity contribution in [2.24, 2.45) is 0 Å². The van der Waals surface area contributed by atoms with Crippen LogP contribution in [-0.4, -0.2) is 188 Å². The highest BCUT2D eigenvalue weighted by atomic mass is 127. The molecular formula is C56H113IN14O7. The fraction of sp³-hybridized carbons (Fsp3) is 0.875. The lowest BCUT2D eigenvalue weighted by atomic mass is 9.96. The number of hydrogen-bond donors (Lipinski definition) is 14. The van der Waals surface area contributed by atoms with E-state index in [9.17, 15) is 33.6 Å². The first kappa shape index (κ1) is 74.9. The number of amides is 6. The van der Waals surface area contributed by atoms with Gasteiger partial charge >= 0.3 is 0 Å². The molecule has 6 amide bonds. The first-order valence-electron chi connectivity index (χ1n) is 29.5. The van der Waals surface area contributed by atoms with Gasteiger partial charge in [0.05, 0.1) is 33.6 Å². The van der Waals surface area contributed by atoms with E-state index in [0.29, 0.717) is 83.7 Å². The summed E-state index contributed by atoms with van der Waals surface area (Å²) in [4.78, 5) is 95.2. The van der Waals surface area contributed by atoms with Crippen molar-refractivity contribution in [2.45, 2.75) is 221 Å². The molecule has 0 fully saturated rings. The molecule has 0 heterocycles. The summed E-state index contributed by atoms with van der Waals surface area (Å²) in [5.41, 5.74) is 0.0514. The molecule has 0 spiro atoms. The third-order valence-electron chi connectivity index (χ3n) is 13.9. The fourth-order valence-electron chi connectivity index (χ4n) is 8.98. The second-order valence-electron chi connectivity index (χ2n) is 22.2. The van der Waals surface area contributed by atoms with Gasteiger partial charge in [0.2, 0.25) is 35.4 Å². The van der Waals surface area contributed by atoms with Gasteiger partial charge in [0.15, 0.2) is 5.78 Å². The first-order chi connectivity index (χ1) is 37.1. The third kappa shape index (κ3) is 36.3. The van der Waals surface area contributed by atoms with Crippen LogP contribution in [0.15, 0.2) is 0 Å². The molecule has 0 aliphatic rings. The highest BCUT2D eigenvalue weighted by Gasteiger charge is 2.34. The van der Waals surface area contributed by atoms with E-state index in [4.69, 9.17) is 0 Å². The lowest BCUT2D eigenvalue weighted by Gasteiger charge is -2.28. The summed E-state index contributed by atoms with van der Waals surface area (Å²) in [6, 6.07) is -4.16. The predicted molar refractivity (Wildman–Crippen MR) is 326 cm³/mol. The molecule has 0 aromatic carbocycles. The molecule has 14 N–H and O–H groups in total. The van der Waals surface area contributed by atoms with Gasteiger partial charge in [0, 0.05) is 25.2 Å². The van der Waals surface area contributed by atoms with Crippen LogP contribution in [0, 0.1) is 0 Å². The second-order valence-corrected chi connectivity index (χ2v) is 24.9. The van der Waals surface area contributed by atoms with Gasteiger partial charge in [-0.3, -0.25) is 33.6 Å². The maximum absolute atomic E-state index is 14.2. The van der Waals surface area contributed by atoms with E-state index in [1.807, 2.05) is 21.1 Å². The Kier molecular flexibility index (Phi) is 43.7. The van der Waals surface area contributed by atoms with Crippen molar-refractivity contribution >= 4 is 63.8 Å². The van der Waals surface area contributed by atoms with Gasteiger partial charge in [-0.2, -0.15) is 0 Å². The van der Waals surface area contributed by atoms with E-state index >= 15 is 0 Å². The summed E-state index contributed by atoms with van der Waals surface area (Å²) in [5, 5.41) is 43.4. The zero-order chi connectivity index (χ0) is 58.8. The highest BCUT2D eigenvalue weighted by molar-refractivity contribution is 14.1. The SMILES string of the molecule is CNCCCCC(NC)C(=O)NCCCCC(NC(=O)C(CCCCNC)NC)C(=O)NC(CCCCNC(=O)C(CCCCNC(=O)C(CCCCNC(C)(C)C)NC)NC(=O)C(CCCCNC)NC)C(=O)C(C)(C)I. The van der Waals surface area contributed by atoms with Crippen LogP contribution in [0.1, 0.15) is 169 Å². The average molecular weight is 1220 g/mol. The number of hydrogen-bond acceptors (Lipinski definition) is 15. The zero-order valence-electron chi connectivity index (χ0n) is 50.6. The number of unbranched alkanes of at least 4 members (excludes halogenated alkanes) is 7. The molecule has 21 nitrogen and oxygen atoms in total. The normalized spacial score (nSPS) is 14.5. The maximum Gasteiger partial charge on any atom is 0.243 e. The summed E-state index contributed by atoms with van der Waals surface area (Å²) < 4.78 is -0.811. The van der Waals surface area contributed by atoms with Crippen LogP contribution in [0.5, 0.6) is 0 Å². The quantitative estimate of drug-likeness (QED) is 0.0236. The largest absolute Gasteiger partial charge is 0.355 e. The van der Waals surface area contributed by atoms with Crippen LogP contribution < -0.4 is 74.4 Å². The maximum atomic E-state index is 14.2. The Labute approximate surface area is 485 Å². The molecule has 0 saturated carbocycles. The van der Waals surface area contributed by atoms with Crippen molar-refractivity contribution in [3.05, 3.63) is 0 Å². The van der Waals surface area contributed by atoms with Crippen LogP contribution in [0.3, 0.4) is 0 Å². The van der Waals surface area contributed by atoms with Crippen molar-refractivity contribution in [3.8, 4) is 0 Å². The Balaban J connectivity index is 5.94. The standard InChI is InChI=1S/C56H113IN14O7/c1-55(2,3)68-40-26-19-29-43(62-10)50(74)65-37-24-17-32-46(70-52(76)44(63-11)30-14-21-35-59-7)51(75)67-39-23-16-27-41(48(72)56(4,5)57)69-54(78)47(71-53(77)45(64-12)31-15-22-36-60-8)33-18-25-38-66-49(73)42(61-9)28-13-20-34-58-6/h41-47,58-64,68H,13-40H2,1-12H3,(H,65,74)(H,66,73)(H,67,75)(H,69,78)(H,70,76)(H,71,77). The summed E-state index contributed by atoms with van der Waals surface area (Å²) in [6.07, 6.45) is 14.1. The Hall–Kier alpha value is -3.10. The Morgan fingerprint density at radius 2 is 0.564 bits per heavy atom. The van der Waals surface area contributed by atoms with Gasteiger partial charge in [-0.1, -0.05) is 48.3 Å². The molecule has 0 aliphatic carbocycles. The van der Waals surface area contributed by atoms with Crippen molar-refractivity contribution in [1.82, 2.24) is 74.4 Å². The van der Waals surface area contributed by atoms with Gasteiger partial charge in [-0.25, -0.2) is 0 Å². The molecular weight excluding hydrogens is 1110 g/mol. The number of rotatable bonds is 50. The summed E-state index contributed by atoms with van der Waals surface area (Å²) in [7, 11) is 12.7. The van der Waals surface area contributed by atoms with E-state index in [-0.39, 0.29) is 59.5 Å². The van der Waals surface area contributed by atoms with Gasteiger partial charge in [0.1, 0.15) is 12.1 Å². The van der Waals surface area contributed by atoms with E-state index in [1.165, 1.54) is 0 Å². The number of nitrogens with one attached hydrogen (secondary N) is 14. The molecule has 0 aromatic rings. The monoisotopic (exact) mass is 1220 g/mol. The van der Waals surface area contributed by atoms with E-state index in [1.54, 1.807) is 42.0 Å². The number of alkyl halides is 1. The van der Waals surface area contributed by atoms with Crippen LogP contribution in [0.2, 0.25) is 0 Å². The zero-order valence-corrected chi connectivity index (χ0v) is 52.7. The Morgan fingerprint density at radius 1 is 0.321 bits per heavy atom. The van der Waals surface area contributed by atoms with E-state index in [2.05, 4.69) is 118 Å². The fourth-order valence-corrected chi connectivity index (χ4v) is 9.35. The van der Waals surface area contributed by atoms with Crippen molar-refractivity contribution < 1.29 is 33.6 Å². The van der Waals surface area contributed by atoms with Gasteiger partial charge in [0.25, 0.3) is 0 Å². The highest BCUT2D eigenvalue weighted by Crippen LogP contribution is 2.22. The number of halogens is 1. The molecule has 78 heavy (non-hydrogen) atoms. The van der Waals surface area contributed by atoms with Gasteiger partial charge in [-0.15, -0.1) is 0 Å². The summed E-state index contributed by atoms with van der Waals surface area (Å²) in [5.74, 6) is -1.61. The van der Waals surface area contributed by atoms with E-state index < -0.39 is 39.5 Å². The van der Waals surface area contributed by atoms with Crippen LogP contribution in [-0.2, 0) is 33.6 Å². The molecule has 22 heteroatoms. The topological polar surface area (TPSA) is 288 Å². The molecule has 0 saturated heterocycles. The molecule has 7 unspecified atom stereocenters. The molecule has 0 bridgehead atoms. The minimum atomic E-state index is -0.925. The van der Waals surface area contributed by atoms with E-state index in [0.717, 1.165) is 90.4 Å². The molecule has 456 valence electrons.